The fourth-order valence-electron chi connectivity index (χ4n) is 7.38. The molecule has 2 N–H and O–H groups in total. The van der Waals surface area contributed by atoms with E-state index in [2.05, 4.69) is 0 Å². The van der Waals surface area contributed by atoms with Crippen molar-refractivity contribution in [3.8, 4) is 22.9 Å². The van der Waals surface area contributed by atoms with Crippen LogP contribution in [0.1, 0.15) is 24.5 Å². The molecular weight excluding hydrogens is 618 g/mol. The predicted molar refractivity (Wildman–Crippen MR) is 179 cm³/mol. The monoisotopic (exact) mass is 657 g/mol. The number of hydrogen-bond acceptors (Lipinski definition) is 8. The summed E-state index contributed by atoms with van der Waals surface area (Å²) >= 11 is 0. The zero-order valence-electron chi connectivity index (χ0n) is 27.0. The quantitative estimate of drug-likeness (QED) is 0.261. The summed E-state index contributed by atoms with van der Waals surface area (Å²) in [6.45, 7) is 5.66. The molecule has 4 heterocycles. The van der Waals surface area contributed by atoms with Gasteiger partial charge in [-0.3, -0.25) is 23.5 Å². The van der Waals surface area contributed by atoms with Crippen molar-refractivity contribution >= 4 is 19.9 Å². The first-order valence-corrected chi connectivity index (χ1v) is 18.6. The Morgan fingerprint density at radius 3 is 2.00 bits per heavy atom. The molecule has 47 heavy (non-hydrogen) atoms. The third-order valence-corrected chi connectivity index (χ3v) is 12.0. The summed E-state index contributed by atoms with van der Waals surface area (Å²) in [6, 6.07) is 19.4. The van der Waals surface area contributed by atoms with Crippen molar-refractivity contribution in [1.29, 1.82) is 0 Å². The standard InChI is InChI=1S/C35H39N3O8Si/c1-22-31(47(4,5)43)28(16-19-39)46-35(22)26-20-25(37-18-7-9-30(45-3)33(37)41)14-15-27(26)38(34(35)42)21-23-10-12-24(13-11-23)36-17-6-8-29(44-2)32(36)40/h6-15,17-18,20,22,28,31,39,43H,16,19,21H2,1-5H3/t22-,28+,31-,35+/m0/s1. The number of rotatable bonds is 9. The number of aliphatic hydroxyl groups excluding tert-OH is 1. The number of carbonyl (C=O) groups excluding carboxylic acids is 1. The highest BCUT2D eigenvalue weighted by Crippen LogP contribution is 2.60. The minimum absolute atomic E-state index is 0.152. The Labute approximate surface area is 273 Å². The van der Waals surface area contributed by atoms with Crippen molar-refractivity contribution in [2.24, 2.45) is 5.92 Å². The Morgan fingerprint density at radius 1 is 0.872 bits per heavy atom. The van der Waals surface area contributed by atoms with Gasteiger partial charge in [-0.2, -0.15) is 0 Å². The van der Waals surface area contributed by atoms with E-state index in [1.165, 1.54) is 23.4 Å². The second-order valence-electron chi connectivity index (χ2n) is 12.6. The minimum atomic E-state index is -2.89. The number of ether oxygens (including phenoxy) is 3. The van der Waals surface area contributed by atoms with Crippen LogP contribution in [0.15, 0.2) is 88.7 Å². The summed E-state index contributed by atoms with van der Waals surface area (Å²) in [5, 5.41) is 9.94. The lowest BCUT2D eigenvalue weighted by Crippen LogP contribution is -2.46. The molecule has 2 aliphatic heterocycles. The molecule has 0 unspecified atom stereocenters. The van der Waals surface area contributed by atoms with Crippen molar-refractivity contribution in [2.75, 3.05) is 25.7 Å². The number of methoxy groups -OCH3 is 2. The number of aromatic nitrogens is 2. The van der Waals surface area contributed by atoms with Crippen molar-refractivity contribution in [1.82, 2.24) is 9.13 Å². The predicted octanol–water partition coefficient (Wildman–Crippen LogP) is 3.73. The van der Waals surface area contributed by atoms with Crippen LogP contribution >= 0.6 is 0 Å². The molecule has 12 heteroatoms. The van der Waals surface area contributed by atoms with Crippen LogP contribution in [0.25, 0.3) is 11.4 Å². The molecule has 1 saturated heterocycles. The van der Waals surface area contributed by atoms with E-state index >= 15 is 0 Å². The summed E-state index contributed by atoms with van der Waals surface area (Å²) in [5.41, 5.74) is 0.825. The van der Waals surface area contributed by atoms with Gasteiger partial charge < -0.3 is 29.0 Å². The molecule has 0 radical (unpaired) electrons. The minimum Gasteiger partial charge on any atom is -0.491 e. The zero-order valence-corrected chi connectivity index (χ0v) is 28.0. The first-order valence-electron chi connectivity index (χ1n) is 15.5. The van der Waals surface area contributed by atoms with Crippen molar-refractivity contribution in [3.63, 3.8) is 0 Å². The lowest BCUT2D eigenvalue weighted by atomic mass is 9.82. The number of pyridine rings is 2. The van der Waals surface area contributed by atoms with Crippen LogP contribution in [-0.4, -0.2) is 60.2 Å². The number of nitrogens with zero attached hydrogens (tertiary/aromatic N) is 3. The van der Waals surface area contributed by atoms with E-state index in [1.807, 2.05) is 56.4 Å². The number of anilines is 1. The first-order chi connectivity index (χ1) is 22.5. The van der Waals surface area contributed by atoms with Gasteiger partial charge in [0.25, 0.3) is 17.0 Å². The van der Waals surface area contributed by atoms with Gasteiger partial charge in [-0.05, 0) is 79.7 Å². The maximum Gasteiger partial charge on any atom is 0.297 e. The van der Waals surface area contributed by atoms with E-state index in [0.717, 1.165) is 5.56 Å². The van der Waals surface area contributed by atoms with Crippen LogP contribution in [0.5, 0.6) is 11.5 Å². The Balaban J connectivity index is 1.45. The molecule has 1 spiro atoms. The van der Waals surface area contributed by atoms with E-state index < -0.39 is 25.9 Å². The molecule has 0 saturated carbocycles. The van der Waals surface area contributed by atoms with Gasteiger partial charge in [0.05, 0.1) is 32.6 Å². The molecule has 4 aromatic rings. The normalized spacial score (nSPS) is 22.1. The highest BCUT2D eigenvalue weighted by molar-refractivity contribution is 6.71. The van der Waals surface area contributed by atoms with E-state index in [-0.39, 0.29) is 53.6 Å². The van der Waals surface area contributed by atoms with Crippen LogP contribution in [0.3, 0.4) is 0 Å². The molecule has 6 rings (SSSR count). The summed E-state index contributed by atoms with van der Waals surface area (Å²) < 4.78 is 20.2. The molecule has 1 fully saturated rings. The third-order valence-electron chi connectivity index (χ3n) is 9.48. The number of hydrogen-bond donors (Lipinski definition) is 2. The highest BCUT2D eigenvalue weighted by atomic mass is 28.4. The summed E-state index contributed by atoms with van der Waals surface area (Å²) in [6.07, 6.45) is 3.04. The number of amides is 1. The Bertz CT molecular complexity index is 1930. The number of aliphatic hydroxyl groups is 1. The van der Waals surface area contributed by atoms with Gasteiger partial charge in [0.1, 0.15) is 0 Å². The van der Waals surface area contributed by atoms with Crippen LogP contribution in [0, 0.1) is 5.92 Å². The summed E-state index contributed by atoms with van der Waals surface area (Å²) in [5.74, 6) is -0.288. The average Bonchev–Trinajstić information content (AvgIpc) is 3.48. The van der Waals surface area contributed by atoms with E-state index in [1.54, 1.807) is 47.6 Å². The maximum absolute atomic E-state index is 14.8. The molecule has 2 aromatic heterocycles. The topological polar surface area (TPSA) is 132 Å². The van der Waals surface area contributed by atoms with Gasteiger partial charge in [-0.25, -0.2) is 0 Å². The number of carbonyl (C=O) groups is 1. The molecule has 11 nitrogen and oxygen atoms in total. The van der Waals surface area contributed by atoms with E-state index in [4.69, 9.17) is 14.2 Å². The Kier molecular flexibility index (Phi) is 8.47. The molecule has 2 aromatic carbocycles. The molecular formula is C35H39N3O8Si. The van der Waals surface area contributed by atoms with Crippen molar-refractivity contribution in [2.45, 2.75) is 50.2 Å². The zero-order chi connectivity index (χ0) is 33.7. The van der Waals surface area contributed by atoms with Gasteiger partial charge >= 0.3 is 0 Å². The van der Waals surface area contributed by atoms with Crippen LogP contribution in [0.2, 0.25) is 18.6 Å². The van der Waals surface area contributed by atoms with Crippen LogP contribution in [0.4, 0.5) is 5.69 Å². The lowest BCUT2D eigenvalue weighted by Gasteiger charge is -2.32. The Morgan fingerprint density at radius 2 is 1.45 bits per heavy atom. The number of fused-ring (bicyclic) bond motifs is 2. The molecule has 246 valence electrons. The molecule has 1 amide bonds. The number of benzene rings is 2. The average molecular weight is 658 g/mol. The van der Waals surface area contributed by atoms with Gasteiger partial charge in [0, 0.05) is 47.4 Å². The second-order valence-corrected chi connectivity index (χ2v) is 16.6. The second kappa shape index (κ2) is 12.3. The highest BCUT2D eigenvalue weighted by Gasteiger charge is 2.66. The molecule has 0 aliphatic carbocycles. The fraction of sp³-hybridized carbons (Fsp3) is 0.343. The summed E-state index contributed by atoms with van der Waals surface area (Å²) in [4.78, 5) is 53.9. The largest absolute Gasteiger partial charge is 0.491 e. The Hall–Kier alpha value is -4.49. The third kappa shape index (κ3) is 5.31. The molecule has 4 atom stereocenters. The van der Waals surface area contributed by atoms with Crippen molar-refractivity contribution < 1.29 is 28.9 Å². The van der Waals surface area contributed by atoms with Gasteiger partial charge in [0.2, 0.25) is 0 Å². The van der Waals surface area contributed by atoms with E-state index in [0.29, 0.717) is 22.6 Å². The van der Waals surface area contributed by atoms with Crippen molar-refractivity contribution in [3.05, 3.63) is 111 Å². The van der Waals surface area contributed by atoms with Crippen LogP contribution < -0.4 is 25.5 Å². The molecule has 2 aliphatic rings. The maximum atomic E-state index is 14.8. The fourth-order valence-corrected chi connectivity index (χ4v) is 9.98. The summed E-state index contributed by atoms with van der Waals surface area (Å²) in [7, 11) is -0.00410. The van der Waals surface area contributed by atoms with Crippen LogP contribution in [-0.2, 0) is 21.7 Å². The van der Waals surface area contributed by atoms with Gasteiger partial charge in [0.15, 0.2) is 25.4 Å². The lowest BCUT2D eigenvalue weighted by molar-refractivity contribution is -0.146. The first kappa shape index (κ1) is 32.4. The SMILES string of the molecule is COc1cccn(-c2ccc(CN3C(=O)[C@]4(O[C@H](CCO)[C@@H]([Si](C)(C)O)[C@@H]4C)c4cc(-n5cccc(OC)c5=O)ccc43)cc2)c1=O. The van der Waals surface area contributed by atoms with Gasteiger partial charge in [-0.15, -0.1) is 0 Å². The van der Waals surface area contributed by atoms with Gasteiger partial charge in [-0.1, -0.05) is 19.1 Å². The van der Waals surface area contributed by atoms with E-state index in [9.17, 15) is 24.3 Å². The molecule has 0 bridgehead atoms. The smallest absolute Gasteiger partial charge is 0.297 e.